The molecule has 0 saturated carbocycles. The van der Waals surface area contributed by atoms with Crippen molar-refractivity contribution < 1.29 is 58.6 Å². The fourth-order valence-corrected chi connectivity index (χ4v) is 0. The van der Waals surface area contributed by atoms with Gasteiger partial charge in [-0.25, -0.2) is 0 Å². The molecule has 0 aliphatic carbocycles. The molecule has 0 aromatic heterocycles. The molecular weight excluding hydrogens is 251 g/mol. The van der Waals surface area contributed by atoms with Gasteiger partial charge in [0.1, 0.15) is 0 Å². The van der Waals surface area contributed by atoms with Crippen molar-refractivity contribution >= 4 is 10.4 Å². The van der Waals surface area contributed by atoms with E-state index in [1.54, 1.807) is 0 Å². The molecule has 0 heterocycles. The molecule has 0 saturated heterocycles. The normalized spacial score (nSPS) is 8.29. The molecule has 0 amide bonds. The molecule has 0 aromatic rings. The van der Waals surface area contributed by atoms with Crippen LogP contribution in [0.15, 0.2) is 0 Å². The molecule has 0 rings (SSSR count). The number of hydrogen-bond acceptors (Lipinski definition) is 4. The van der Waals surface area contributed by atoms with Gasteiger partial charge in [0.15, 0.2) is 0 Å². The van der Waals surface area contributed by atoms with Gasteiger partial charge in [-0.15, -0.1) is 0 Å². The molecule has 0 fully saturated rings. The Balaban J connectivity index is -0.0000000800. The van der Waals surface area contributed by atoms with Gasteiger partial charge in [-0.2, -0.15) is 0 Å². The molecule has 0 aliphatic heterocycles. The number of rotatable bonds is 0. The van der Waals surface area contributed by atoms with E-state index >= 15 is 0 Å². The van der Waals surface area contributed by atoms with Crippen molar-refractivity contribution in [3.63, 3.8) is 0 Å². The Hall–Kier alpha value is 1.02. The van der Waals surface area contributed by atoms with E-state index in [0.717, 1.165) is 0 Å². The van der Waals surface area contributed by atoms with Crippen LogP contribution < -0.4 is 0 Å². The van der Waals surface area contributed by atoms with Crippen molar-refractivity contribution in [1.82, 2.24) is 0 Å². The van der Waals surface area contributed by atoms with Gasteiger partial charge in [0.25, 0.3) is 0 Å². The summed E-state index contributed by atoms with van der Waals surface area (Å²) in [7, 11) is -5.17. The largest absolute Gasteiger partial charge is 3.00 e. The first-order chi connectivity index (χ1) is 2.00. The molecular formula is H2LaO5S+. The van der Waals surface area contributed by atoms with Crippen molar-refractivity contribution in [3.8, 4) is 0 Å². The monoisotopic (exact) mass is 253 g/mol. The second-order valence-corrected chi connectivity index (χ2v) is 1.22. The van der Waals surface area contributed by atoms with Gasteiger partial charge in [0, 0.05) is 10.4 Å². The second-order valence-electron chi connectivity index (χ2n) is 0.408. The molecule has 40 valence electrons. The van der Waals surface area contributed by atoms with Gasteiger partial charge < -0.3 is 14.6 Å². The molecule has 7 heavy (non-hydrogen) atoms. The van der Waals surface area contributed by atoms with E-state index < -0.39 is 10.4 Å². The standard InChI is InChI=1S/La.H2O4S.H2O/c;1-5(2,3)4;/h;(H2,1,2,3,4);1H2/q+3;;/p-2. The molecule has 0 spiro atoms. The van der Waals surface area contributed by atoms with Gasteiger partial charge in [-0.05, 0) is 0 Å². The van der Waals surface area contributed by atoms with Crippen LogP contribution in [0.3, 0.4) is 0 Å². The van der Waals surface area contributed by atoms with Gasteiger partial charge in [-0.3, -0.25) is 8.42 Å². The van der Waals surface area contributed by atoms with Crippen LogP contribution in [0, 0.1) is 35.6 Å². The first kappa shape index (κ1) is 15.7. The number of hydrogen-bond donors (Lipinski definition) is 0. The summed E-state index contributed by atoms with van der Waals surface area (Å²) in [5.74, 6) is 0. The first-order valence-corrected chi connectivity index (χ1v) is 2.00. The van der Waals surface area contributed by atoms with Crippen LogP contribution in [0.1, 0.15) is 0 Å². The molecule has 0 atom stereocenters. The minimum atomic E-state index is -5.17. The quantitative estimate of drug-likeness (QED) is 0.361. The molecule has 0 unspecified atom stereocenters. The van der Waals surface area contributed by atoms with Crippen molar-refractivity contribution in [3.05, 3.63) is 0 Å². The van der Waals surface area contributed by atoms with Crippen molar-refractivity contribution in [1.29, 1.82) is 0 Å². The third-order valence-corrected chi connectivity index (χ3v) is 0. The predicted molar refractivity (Wildman–Crippen MR) is 14.1 cm³/mol. The van der Waals surface area contributed by atoms with Crippen LogP contribution in [0.2, 0.25) is 0 Å². The van der Waals surface area contributed by atoms with E-state index in [1.165, 1.54) is 0 Å². The maximum atomic E-state index is 8.52. The zero-order valence-corrected chi connectivity index (χ0v) is 7.56. The van der Waals surface area contributed by atoms with E-state index in [4.69, 9.17) is 17.5 Å². The average Bonchev–Trinajstić information content (AvgIpc) is 0.722. The predicted octanol–water partition coefficient (Wildman–Crippen LogP) is -2.16. The molecule has 0 aromatic carbocycles. The third kappa shape index (κ3) is 169. The summed E-state index contributed by atoms with van der Waals surface area (Å²) in [6.07, 6.45) is 0. The van der Waals surface area contributed by atoms with E-state index in [9.17, 15) is 0 Å². The average molecular weight is 253 g/mol. The summed E-state index contributed by atoms with van der Waals surface area (Å²) in [6.45, 7) is 0. The molecule has 0 bridgehead atoms. The first-order valence-electron chi connectivity index (χ1n) is 0.667. The minimum Gasteiger partial charge on any atom is -0.759 e. The Morgan fingerprint density at radius 2 is 1.14 bits per heavy atom. The molecule has 0 radical (unpaired) electrons. The van der Waals surface area contributed by atoms with Crippen LogP contribution in [0.5, 0.6) is 0 Å². The van der Waals surface area contributed by atoms with Crippen LogP contribution >= 0.6 is 0 Å². The summed E-state index contributed by atoms with van der Waals surface area (Å²) in [5, 5.41) is 0. The molecule has 7 heteroatoms. The van der Waals surface area contributed by atoms with E-state index in [0.29, 0.717) is 0 Å². The van der Waals surface area contributed by atoms with Crippen LogP contribution in [0.25, 0.3) is 0 Å². The van der Waals surface area contributed by atoms with Crippen LogP contribution in [-0.2, 0) is 10.4 Å². The van der Waals surface area contributed by atoms with Gasteiger partial charge in [0.2, 0.25) is 0 Å². The SMILES string of the molecule is O.O=S(=O)([O-])[O-].[La+3]. The maximum absolute atomic E-state index is 8.52. The Morgan fingerprint density at radius 1 is 1.14 bits per heavy atom. The van der Waals surface area contributed by atoms with Crippen LogP contribution in [0.4, 0.5) is 0 Å². The van der Waals surface area contributed by atoms with Crippen molar-refractivity contribution in [2.75, 3.05) is 0 Å². The van der Waals surface area contributed by atoms with E-state index in [2.05, 4.69) is 0 Å². The molecule has 5 nitrogen and oxygen atoms in total. The summed E-state index contributed by atoms with van der Waals surface area (Å²) in [5.41, 5.74) is 0. The van der Waals surface area contributed by atoms with Gasteiger partial charge in [0.05, 0.1) is 0 Å². The fourth-order valence-electron chi connectivity index (χ4n) is 0. The summed E-state index contributed by atoms with van der Waals surface area (Å²) in [4.78, 5) is 0. The Kier molecular flexibility index (Phi) is 11.6. The second kappa shape index (κ2) is 5.17. The zero-order chi connectivity index (χ0) is 4.50. The fraction of sp³-hybridized carbons (Fsp3) is 0. The Labute approximate surface area is 68.6 Å². The van der Waals surface area contributed by atoms with Gasteiger partial charge >= 0.3 is 35.6 Å². The smallest absolute Gasteiger partial charge is 0.759 e. The Bertz CT molecular complexity index is 91.2. The summed E-state index contributed by atoms with van der Waals surface area (Å²) < 4.78 is 34.1. The van der Waals surface area contributed by atoms with Gasteiger partial charge in [-0.1, -0.05) is 0 Å². The molecule has 0 aliphatic rings. The maximum Gasteiger partial charge on any atom is 3.00 e. The zero-order valence-electron chi connectivity index (χ0n) is 3.12. The summed E-state index contributed by atoms with van der Waals surface area (Å²) in [6, 6.07) is 0. The van der Waals surface area contributed by atoms with Crippen molar-refractivity contribution in [2.24, 2.45) is 0 Å². The molecule has 2 N–H and O–H groups in total. The van der Waals surface area contributed by atoms with Crippen LogP contribution in [-0.4, -0.2) is 23.0 Å². The van der Waals surface area contributed by atoms with E-state index in [-0.39, 0.29) is 41.1 Å². The Morgan fingerprint density at radius 3 is 1.14 bits per heavy atom. The minimum absolute atomic E-state index is 0. The van der Waals surface area contributed by atoms with Crippen molar-refractivity contribution in [2.45, 2.75) is 0 Å². The summed E-state index contributed by atoms with van der Waals surface area (Å²) >= 11 is 0. The topological polar surface area (TPSA) is 112 Å². The third-order valence-electron chi connectivity index (χ3n) is 0. The van der Waals surface area contributed by atoms with E-state index in [1.807, 2.05) is 0 Å².